The van der Waals surface area contributed by atoms with E-state index in [-0.39, 0.29) is 25.0 Å². The Morgan fingerprint density at radius 1 is 0.625 bits per heavy atom. The molecular weight excluding hydrogens is 516 g/mol. The minimum absolute atomic E-state index is 0.123. The second kappa shape index (κ2) is 17.3. The molecule has 2 aromatic carbocycles. The quantitative estimate of drug-likeness (QED) is 0.198. The van der Waals surface area contributed by atoms with Gasteiger partial charge in [0.05, 0.1) is 0 Å². The van der Waals surface area contributed by atoms with Crippen LogP contribution in [0.2, 0.25) is 0 Å². The highest BCUT2D eigenvalue weighted by Gasteiger charge is 2.21. The van der Waals surface area contributed by atoms with E-state index in [4.69, 9.17) is 18.9 Å². The smallest absolute Gasteiger partial charge is 0.407 e. The highest BCUT2D eigenvalue weighted by molar-refractivity contribution is 5.91. The third-order valence-electron chi connectivity index (χ3n) is 5.70. The van der Waals surface area contributed by atoms with E-state index in [1.165, 1.54) is 0 Å². The lowest BCUT2D eigenvalue weighted by Gasteiger charge is -2.21. The predicted molar refractivity (Wildman–Crippen MR) is 148 cm³/mol. The molecule has 2 atom stereocenters. The highest BCUT2D eigenvalue weighted by atomic mass is 16.6. The van der Waals surface area contributed by atoms with E-state index in [9.17, 15) is 19.2 Å². The van der Waals surface area contributed by atoms with E-state index < -0.39 is 36.3 Å². The second-order valence-corrected chi connectivity index (χ2v) is 9.65. The second-order valence-electron chi connectivity index (χ2n) is 9.65. The fourth-order valence-corrected chi connectivity index (χ4v) is 3.18. The number of hydrogen-bond acceptors (Lipinski definition) is 8. The molecule has 216 valence electrons. The average Bonchev–Trinajstić information content (AvgIpc) is 2.94. The number of esters is 2. The number of ether oxygens (including phenoxy) is 4. The summed E-state index contributed by atoms with van der Waals surface area (Å²) in [7, 11) is 0. The van der Waals surface area contributed by atoms with Crippen LogP contribution < -0.4 is 10.6 Å². The monoisotopic (exact) mass is 554 g/mol. The number of alkyl carbamates (subject to hydrolysis) is 2. The summed E-state index contributed by atoms with van der Waals surface area (Å²) >= 11 is 0. The molecule has 0 aliphatic heterocycles. The Morgan fingerprint density at radius 2 is 0.975 bits per heavy atom. The van der Waals surface area contributed by atoms with Crippen molar-refractivity contribution in [2.24, 2.45) is 11.8 Å². The summed E-state index contributed by atoms with van der Waals surface area (Å²) in [5, 5.41) is 5.31. The molecule has 0 saturated heterocycles. The summed E-state index contributed by atoms with van der Waals surface area (Å²) in [6.45, 7) is 7.53. The van der Waals surface area contributed by atoms with Crippen molar-refractivity contribution in [3.8, 4) is 0 Å². The summed E-state index contributed by atoms with van der Waals surface area (Å²) in [6, 6.07) is 18.7. The van der Waals surface area contributed by atoms with Gasteiger partial charge < -0.3 is 29.6 Å². The number of carbonyl (C=O) groups excluding carboxylic acids is 4. The molecular formula is C30H38N2O8. The zero-order chi connectivity index (χ0) is 29.3. The van der Waals surface area contributed by atoms with E-state index in [2.05, 4.69) is 10.6 Å². The number of nitrogens with one attached hydrogen (secondary N) is 2. The van der Waals surface area contributed by atoms with E-state index in [0.717, 1.165) is 23.3 Å². The lowest BCUT2D eigenvalue weighted by molar-refractivity contribution is -0.144. The predicted octanol–water partition coefficient (Wildman–Crippen LogP) is 4.53. The molecule has 10 heteroatoms. The van der Waals surface area contributed by atoms with Crippen LogP contribution in [0.1, 0.15) is 38.8 Å². The van der Waals surface area contributed by atoms with E-state index >= 15 is 0 Å². The molecule has 0 spiro atoms. The molecule has 40 heavy (non-hydrogen) atoms. The molecule has 2 rings (SSSR count). The Labute approximate surface area is 235 Å². The lowest BCUT2D eigenvalue weighted by Crippen LogP contribution is -2.34. The average molecular weight is 555 g/mol. The van der Waals surface area contributed by atoms with Gasteiger partial charge in [-0.25, -0.2) is 19.2 Å². The zero-order valence-electron chi connectivity index (χ0n) is 23.3. The molecule has 0 fully saturated rings. The van der Waals surface area contributed by atoms with Gasteiger partial charge in [0.2, 0.25) is 0 Å². The van der Waals surface area contributed by atoms with Crippen molar-refractivity contribution in [1.82, 2.24) is 10.6 Å². The SMILES string of the molecule is CC(C)[C@H](COC(=O)/C=C/C(=O)OC[C@H](OC(=O)NCc1ccccc1)C(C)C)OC(=O)NCc1ccccc1. The van der Waals surface area contributed by atoms with Gasteiger partial charge in [0.15, 0.2) is 0 Å². The van der Waals surface area contributed by atoms with Crippen molar-refractivity contribution in [2.75, 3.05) is 13.2 Å². The minimum atomic E-state index is -0.798. The highest BCUT2D eigenvalue weighted by Crippen LogP contribution is 2.10. The Bertz CT molecular complexity index is 1020. The van der Waals surface area contributed by atoms with Crippen molar-refractivity contribution < 1.29 is 38.1 Å². The number of carbonyl (C=O) groups is 4. The first-order valence-corrected chi connectivity index (χ1v) is 13.1. The minimum Gasteiger partial charge on any atom is -0.459 e. The number of benzene rings is 2. The summed E-state index contributed by atoms with van der Waals surface area (Å²) in [4.78, 5) is 48.5. The molecule has 0 aliphatic carbocycles. The molecule has 0 aliphatic rings. The van der Waals surface area contributed by atoms with E-state index in [1.807, 2.05) is 88.4 Å². The number of hydrogen-bond donors (Lipinski definition) is 2. The summed E-state index contributed by atoms with van der Waals surface area (Å²) < 4.78 is 21.0. The van der Waals surface area contributed by atoms with Crippen molar-refractivity contribution in [2.45, 2.75) is 53.0 Å². The zero-order valence-corrected chi connectivity index (χ0v) is 23.3. The van der Waals surface area contributed by atoms with Gasteiger partial charge in [-0.3, -0.25) is 0 Å². The largest absolute Gasteiger partial charge is 0.459 e. The van der Waals surface area contributed by atoms with Crippen LogP contribution >= 0.6 is 0 Å². The van der Waals surface area contributed by atoms with Crippen LogP contribution in [-0.2, 0) is 41.6 Å². The molecule has 0 saturated carbocycles. The molecule has 10 nitrogen and oxygen atoms in total. The van der Waals surface area contributed by atoms with Crippen molar-refractivity contribution in [1.29, 1.82) is 0 Å². The lowest BCUT2D eigenvalue weighted by atomic mass is 10.1. The topological polar surface area (TPSA) is 129 Å². The Hall–Kier alpha value is -4.34. The molecule has 2 aromatic rings. The van der Waals surface area contributed by atoms with Crippen molar-refractivity contribution in [3.63, 3.8) is 0 Å². The molecule has 0 unspecified atom stereocenters. The maximum Gasteiger partial charge on any atom is 0.407 e. The van der Waals surface area contributed by atoms with Crippen LogP contribution in [0.5, 0.6) is 0 Å². The van der Waals surface area contributed by atoms with E-state index in [0.29, 0.717) is 13.1 Å². The van der Waals surface area contributed by atoms with Gasteiger partial charge in [0.1, 0.15) is 25.4 Å². The molecule has 2 N–H and O–H groups in total. The van der Waals surface area contributed by atoms with Gasteiger partial charge in [-0.2, -0.15) is 0 Å². The Kier molecular flexibility index (Phi) is 13.8. The standard InChI is InChI=1S/C30H38N2O8/c1-21(2)25(39-29(35)31-17-23-11-7-5-8-12-23)19-37-27(33)15-16-28(34)38-20-26(22(3)4)40-30(36)32-18-24-13-9-6-10-14-24/h5-16,21-22,25-26H,17-20H2,1-4H3,(H,31,35)(H,32,36)/b16-15+/t25-,26-/m0/s1. The maximum absolute atomic E-state index is 12.1. The Balaban J connectivity index is 1.72. The molecule has 0 radical (unpaired) electrons. The fourth-order valence-electron chi connectivity index (χ4n) is 3.18. The Morgan fingerprint density at radius 3 is 1.30 bits per heavy atom. The van der Waals surface area contributed by atoms with Crippen LogP contribution in [0.4, 0.5) is 9.59 Å². The summed E-state index contributed by atoms with van der Waals surface area (Å²) in [5.41, 5.74) is 1.84. The first-order valence-electron chi connectivity index (χ1n) is 13.1. The van der Waals surface area contributed by atoms with Gasteiger partial charge in [-0.1, -0.05) is 88.4 Å². The van der Waals surface area contributed by atoms with E-state index in [1.54, 1.807) is 0 Å². The van der Waals surface area contributed by atoms with Crippen LogP contribution in [0.15, 0.2) is 72.8 Å². The van der Waals surface area contributed by atoms with Gasteiger partial charge >= 0.3 is 24.1 Å². The van der Waals surface area contributed by atoms with Gasteiger partial charge in [0, 0.05) is 25.2 Å². The van der Waals surface area contributed by atoms with Gasteiger partial charge in [0.25, 0.3) is 0 Å². The van der Waals surface area contributed by atoms with Crippen LogP contribution in [0, 0.1) is 11.8 Å². The number of rotatable bonds is 14. The van der Waals surface area contributed by atoms with Gasteiger partial charge in [-0.15, -0.1) is 0 Å². The van der Waals surface area contributed by atoms with Crippen molar-refractivity contribution >= 4 is 24.1 Å². The van der Waals surface area contributed by atoms with Crippen LogP contribution in [-0.4, -0.2) is 49.5 Å². The van der Waals surface area contributed by atoms with Crippen LogP contribution in [0.25, 0.3) is 0 Å². The van der Waals surface area contributed by atoms with Gasteiger partial charge in [-0.05, 0) is 23.0 Å². The summed E-state index contributed by atoms with van der Waals surface area (Å²) in [5.74, 6) is -1.84. The van der Waals surface area contributed by atoms with Crippen molar-refractivity contribution in [3.05, 3.63) is 83.9 Å². The van der Waals surface area contributed by atoms with Crippen LogP contribution in [0.3, 0.4) is 0 Å². The number of amides is 2. The third-order valence-corrected chi connectivity index (χ3v) is 5.70. The normalized spacial score (nSPS) is 12.4. The fraction of sp³-hybridized carbons (Fsp3) is 0.400. The molecule has 0 aromatic heterocycles. The maximum atomic E-state index is 12.1. The first-order chi connectivity index (χ1) is 19.1. The molecule has 0 bridgehead atoms. The third kappa shape index (κ3) is 12.9. The molecule has 2 amide bonds. The summed E-state index contributed by atoms with van der Waals surface area (Å²) in [6.07, 6.45) is -0.782. The first kappa shape index (κ1) is 31.9. The molecule has 0 heterocycles.